The van der Waals surface area contributed by atoms with E-state index in [9.17, 15) is 0 Å². The first-order chi connectivity index (χ1) is 8.74. The Morgan fingerprint density at radius 3 is 2.56 bits per heavy atom. The third-order valence-electron chi connectivity index (χ3n) is 2.86. The number of likely N-dealkylation sites (N-methyl/N-ethyl adjacent to an activating group) is 1. The van der Waals surface area contributed by atoms with Gasteiger partial charge in [-0.1, -0.05) is 63.3 Å². The molecule has 0 aliphatic heterocycles. The first-order valence-electron chi connectivity index (χ1n) is 6.78. The van der Waals surface area contributed by atoms with Crippen molar-refractivity contribution in [1.82, 2.24) is 5.32 Å². The molecule has 0 saturated heterocycles. The maximum absolute atomic E-state index is 5.88. The fourth-order valence-corrected chi connectivity index (χ4v) is 1.70. The molecule has 0 spiro atoms. The van der Waals surface area contributed by atoms with Gasteiger partial charge in [-0.15, -0.1) is 0 Å². The highest BCUT2D eigenvalue weighted by Gasteiger charge is 2.11. The second kappa shape index (κ2) is 8.90. The van der Waals surface area contributed by atoms with Crippen LogP contribution in [0.15, 0.2) is 36.4 Å². The van der Waals surface area contributed by atoms with Gasteiger partial charge >= 0.3 is 0 Å². The molecule has 0 aliphatic rings. The van der Waals surface area contributed by atoms with Gasteiger partial charge in [0.2, 0.25) is 0 Å². The molecule has 2 heteroatoms. The maximum Gasteiger partial charge on any atom is 0.0726 e. The van der Waals surface area contributed by atoms with Gasteiger partial charge in [-0.3, -0.25) is 0 Å². The third-order valence-corrected chi connectivity index (χ3v) is 2.86. The molecule has 0 aromatic heterocycles. The van der Waals surface area contributed by atoms with E-state index in [1.54, 1.807) is 0 Å². The second-order valence-corrected chi connectivity index (χ2v) is 4.74. The second-order valence-electron chi connectivity index (χ2n) is 4.74. The zero-order valence-electron chi connectivity index (χ0n) is 11.7. The van der Waals surface area contributed by atoms with E-state index in [2.05, 4.69) is 50.4 Å². The first-order valence-corrected chi connectivity index (χ1v) is 6.78. The number of benzene rings is 1. The number of ether oxygens (including phenoxy) is 1. The van der Waals surface area contributed by atoms with Crippen molar-refractivity contribution < 1.29 is 4.74 Å². The molecule has 1 aromatic rings. The molecule has 0 radical (unpaired) electrons. The number of hydrogen-bond donors (Lipinski definition) is 1. The fraction of sp³-hybridized carbons (Fsp3) is 0.500. The summed E-state index contributed by atoms with van der Waals surface area (Å²) in [6.07, 6.45) is 4.46. The topological polar surface area (TPSA) is 21.3 Å². The van der Waals surface area contributed by atoms with Gasteiger partial charge in [-0.05, 0) is 18.0 Å². The van der Waals surface area contributed by atoms with Crippen molar-refractivity contribution in [1.29, 1.82) is 0 Å². The number of rotatable bonds is 8. The Morgan fingerprint density at radius 1 is 1.22 bits per heavy atom. The van der Waals surface area contributed by atoms with Crippen LogP contribution in [0.3, 0.4) is 0 Å². The van der Waals surface area contributed by atoms with Crippen LogP contribution in [-0.2, 0) is 4.74 Å². The molecular formula is C16H25NO. The van der Waals surface area contributed by atoms with Crippen molar-refractivity contribution in [3.05, 3.63) is 42.0 Å². The van der Waals surface area contributed by atoms with Crippen molar-refractivity contribution in [2.45, 2.75) is 26.9 Å². The standard InChI is InChI=1S/C16H25NO/c1-4-17-13-16(14(2)3)18-12-8-11-15-9-6-5-7-10-15/h5-11,14,16-17H,4,12-13H2,1-3H3. The lowest BCUT2D eigenvalue weighted by Gasteiger charge is -2.20. The van der Waals surface area contributed by atoms with Crippen LogP contribution in [-0.4, -0.2) is 25.8 Å². The molecule has 0 amide bonds. The zero-order chi connectivity index (χ0) is 13.2. The molecule has 1 atom stereocenters. The summed E-state index contributed by atoms with van der Waals surface area (Å²) in [5, 5.41) is 3.34. The average molecular weight is 247 g/mol. The highest BCUT2D eigenvalue weighted by atomic mass is 16.5. The average Bonchev–Trinajstić information content (AvgIpc) is 2.38. The zero-order valence-corrected chi connectivity index (χ0v) is 11.7. The summed E-state index contributed by atoms with van der Waals surface area (Å²) in [7, 11) is 0. The van der Waals surface area contributed by atoms with Crippen LogP contribution in [0, 0.1) is 5.92 Å². The normalized spacial score (nSPS) is 13.3. The minimum absolute atomic E-state index is 0.283. The van der Waals surface area contributed by atoms with Gasteiger partial charge in [0.05, 0.1) is 12.7 Å². The van der Waals surface area contributed by atoms with Crippen LogP contribution in [0.5, 0.6) is 0 Å². The molecular weight excluding hydrogens is 222 g/mol. The van der Waals surface area contributed by atoms with E-state index in [-0.39, 0.29) is 6.10 Å². The molecule has 1 unspecified atom stereocenters. The summed E-state index contributed by atoms with van der Waals surface area (Å²) in [5.74, 6) is 0.536. The Labute approximate surface area is 111 Å². The number of nitrogens with one attached hydrogen (secondary N) is 1. The summed E-state index contributed by atoms with van der Waals surface area (Å²) in [6, 6.07) is 10.3. The van der Waals surface area contributed by atoms with Crippen LogP contribution in [0.1, 0.15) is 26.3 Å². The van der Waals surface area contributed by atoms with Crippen LogP contribution < -0.4 is 5.32 Å². The van der Waals surface area contributed by atoms with Crippen LogP contribution >= 0.6 is 0 Å². The van der Waals surface area contributed by atoms with Crippen LogP contribution in [0.25, 0.3) is 6.08 Å². The molecule has 100 valence electrons. The highest BCUT2D eigenvalue weighted by Crippen LogP contribution is 2.06. The summed E-state index contributed by atoms with van der Waals surface area (Å²) in [4.78, 5) is 0. The van der Waals surface area contributed by atoms with Crippen molar-refractivity contribution in [2.24, 2.45) is 5.92 Å². The predicted octanol–water partition coefficient (Wildman–Crippen LogP) is 3.35. The predicted molar refractivity (Wildman–Crippen MR) is 78.6 cm³/mol. The van der Waals surface area contributed by atoms with Crippen LogP contribution in [0.2, 0.25) is 0 Å². The highest BCUT2D eigenvalue weighted by molar-refractivity contribution is 5.48. The van der Waals surface area contributed by atoms with Gasteiger partial charge in [0.25, 0.3) is 0 Å². The van der Waals surface area contributed by atoms with E-state index >= 15 is 0 Å². The van der Waals surface area contributed by atoms with E-state index in [1.807, 2.05) is 18.2 Å². The molecule has 1 rings (SSSR count). The van der Waals surface area contributed by atoms with E-state index < -0.39 is 0 Å². The van der Waals surface area contributed by atoms with Gasteiger partial charge in [0, 0.05) is 6.54 Å². The van der Waals surface area contributed by atoms with Crippen molar-refractivity contribution in [2.75, 3.05) is 19.7 Å². The number of hydrogen-bond acceptors (Lipinski definition) is 2. The minimum Gasteiger partial charge on any atom is -0.373 e. The fourth-order valence-electron chi connectivity index (χ4n) is 1.70. The van der Waals surface area contributed by atoms with Gasteiger partial charge in [-0.25, -0.2) is 0 Å². The van der Waals surface area contributed by atoms with Gasteiger partial charge in [-0.2, -0.15) is 0 Å². The Hall–Kier alpha value is -1.12. The van der Waals surface area contributed by atoms with Gasteiger partial charge in [0.15, 0.2) is 0 Å². The van der Waals surface area contributed by atoms with Crippen molar-refractivity contribution in [3.8, 4) is 0 Å². The quantitative estimate of drug-likeness (QED) is 0.760. The Balaban J connectivity index is 2.32. The summed E-state index contributed by atoms with van der Waals surface area (Å²) >= 11 is 0. The Bertz CT molecular complexity index is 332. The van der Waals surface area contributed by atoms with Crippen molar-refractivity contribution >= 4 is 6.08 Å². The molecule has 0 aliphatic carbocycles. The SMILES string of the molecule is CCNCC(OCC=Cc1ccccc1)C(C)C. The van der Waals surface area contributed by atoms with E-state index in [1.165, 1.54) is 5.56 Å². The Kier molecular flexibility index (Phi) is 7.38. The smallest absolute Gasteiger partial charge is 0.0726 e. The lowest BCUT2D eigenvalue weighted by atomic mass is 10.1. The summed E-state index contributed by atoms with van der Waals surface area (Å²) in [6.45, 7) is 9.10. The van der Waals surface area contributed by atoms with Crippen LogP contribution in [0.4, 0.5) is 0 Å². The molecule has 1 aromatic carbocycles. The Morgan fingerprint density at radius 2 is 1.94 bits per heavy atom. The monoisotopic (exact) mass is 247 g/mol. The molecule has 0 heterocycles. The van der Waals surface area contributed by atoms with E-state index in [0.29, 0.717) is 12.5 Å². The molecule has 0 saturated carbocycles. The lowest BCUT2D eigenvalue weighted by Crippen LogP contribution is -2.33. The molecule has 0 bridgehead atoms. The first kappa shape index (κ1) is 14.9. The lowest BCUT2D eigenvalue weighted by molar-refractivity contribution is 0.0414. The summed E-state index contributed by atoms with van der Waals surface area (Å²) in [5.41, 5.74) is 1.22. The molecule has 1 N–H and O–H groups in total. The van der Waals surface area contributed by atoms with Crippen molar-refractivity contribution in [3.63, 3.8) is 0 Å². The van der Waals surface area contributed by atoms with Gasteiger partial charge in [0.1, 0.15) is 0 Å². The third kappa shape index (κ3) is 5.99. The summed E-state index contributed by atoms with van der Waals surface area (Å²) < 4.78 is 5.88. The molecule has 2 nitrogen and oxygen atoms in total. The van der Waals surface area contributed by atoms with E-state index in [4.69, 9.17) is 4.74 Å². The maximum atomic E-state index is 5.88. The molecule has 0 fully saturated rings. The minimum atomic E-state index is 0.283. The van der Waals surface area contributed by atoms with E-state index in [0.717, 1.165) is 13.1 Å². The molecule has 18 heavy (non-hydrogen) atoms. The largest absolute Gasteiger partial charge is 0.373 e. The van der Waals surface area contributed by atoms with Gasteiger partial charge < -0.3 is 10.1 Å².